The van der Waals surface area contributed by atoms with Crippen molar-refractivity contribution in [3.63, 3.8) is 0 Å². The maximum atomic E-state index is 14.4. The molecule has 7 amide bonds. The molecule has 0 radical (unpaired) electrons. The van der Waals surface area contributed by atoms with Crippen LogP contribution in [0.25, 0.3) is 0 Å². The number of alkyl carbamates (subject to hydrolysis) is 3. The van der Waals surface area contributed by atoms with E-state index >= 15 is 0 Å². The predicted octanol–water partition coefficient (Wildman–Crippen LogP) is 5.83. The van der Waals surface area contributed by atoms with Crippen molar-refractivity contribution in [1.29, 1.82) is 0 Å². The molecule has 0 spiro atoms. The zero-order valence-corrected chi connectivity index (χ0v) is 42.8. The summed E-state index contributed by atoms with van der Waals surface area (Å²) in [6.45, 7) is 15.9. The fraction of sp³-hybridized carbons (Fsp3) is 0.600. The molecule has 0 bridgehead atoms. The predicted molar refractivity (Wildman–Crippen MR) is 258 cm³/mol. The van der Waals surface area contributed by atoms with Gasteiger partial charge in [-0.1, -0.05) is 60.7 Å². The number of rotatable bonds is 20. The van der Waals surface area contributed by atoms with Crippen molar-refractivity contribution in [2.75, 3.05) is 13.1 Å². The summed E-state index contributed by atoms with van der Waals surface area (Å²) in [7, 11) is 0. The summed E-state index contributed by atoms with van der Waals surface area (Å²) in [6, 6.07) is 8.98. The van der Waals surface area contributed by atoms with Crippen molar-refractivity contribution in [3.05, 3.63) is 71.8 Å². The number of unbranched alkanes of at least 4 members (excludes halogenated alkanes) is 1. The first-order chi connectivity index (χ1) is 33.2. The standard InChI is InChI=1S/C50H72F3N7O12/c1-31-29-49(42(65)66,59-45(69)72-48(8,9)10)24-26-60(31)41(64)34(23-17-18-25-54-43(67)70-46(2,3)4)55-40(63)37(30-50(51,52)53)57-38(61)35(27-32-19-13-11-14-20-32)56-39(62)36(28-33-21-15-12-16-22-33)58-44(68)71-47(5,6)7/h11-16,19-22,31,34-37H,17-18,23-30H2,1-10H3,(H,54,67)(H,55,63)(H,56,62)(H,57,61)(H,58,68)(H,59,69)(H,65,66)/t31?,34-,35-,36-,37?,49?/m1/s1. The van der Waals surface area contributed by atoms with Crippen LogP contribution in [0.15, 0.2) is 60.7 Å². The minimum absolute atomic E-state index is 0.0577. The van der Waals surface area contributed by atoms with Crippen molar-refractivity contribution in [2.45, 2.75) is 179 Å². The fourth-order valence-corrected chi connectivity index (χ4v) is 7.70. The van der Waals surface area contributed by atoms with E-state index in [-0.39, 0.29) is 58.0 Å². The van der Waals surface area contributed by atoms with Gasteiger partial charge in [-0.15, -0.1) is 0 Å². The number of nitrogens with zero attached hydrogens (tertiary/aromatic N) is 1. The van der Waals surface area contributed by atoms with Gasteiger partial charge in [0.2, 0.25) is 23.6 Å². The number of hydrogen-bond acceptors (Lipinski definition) is 11. The van der Waals surface area contributed by atoms with E-state index in [0.717, 1.165) is 0 Å². The number of ether oxygens (including phenoxy) is 3. The third kappa shape index (κ3) is 21.4. The Balaban J connectivity index is 1.96. The highest BCUT2D eigenvalue weighted by atomic mass is 19.4. The Hall–Kier alpha value is -6.61. The molecule has 3 unspecified atom stereocenters. The third-order valence-corrected chi connectivity index (χ3v) is 10.9. The molecule has 72 heavy (non-hydrogen) atoms. The average Bonchev–Trinajstić information content (AvgIpc) is 3.23. The minimum atomic E-state index is -5.05. The van der Waals surface area contributed by atoms with Gasteiger partial charge in [0.1, 0.15) is 46.5 Å². The molecule has 0 saturated carbocycles. The molecule has 2 aromatic carbocycles. The molecule has 1 heterocycles. The normalized spacial score (nSPS) is 17.9. The van der Waals surface area contributed by atoms with Gasteiger partial charge >= 0.3 is 30.4 Å². The lowest BCUT2D eigenvalue weighted by molar-refractivity contribution is -0.154. The second kappa shape index (κ2) is 25.7. The van der Waals surface area contributed by atoms with Crippen LogP contribution in [0.4, 0.5) is 27.6 Å². The highest BCUT2D eigenvalue weighted by Crippen LogP contribution is 2.30. The van der Waals surface area contributed by atoms with E-state index in [4.69, 9.17) is 14.2 Å². The van der Waals surface area contributed by atoms with Crippen LogP contribution < -0.4 is 31.9 Å². The van der Waals surface area contributed by atoms with Crippen LogP contribution in [-0.2, 0) is 51.0 Å². The molecule has 1 saturated heterocycles. The van der Waals surface area contributed by atoms with Crippen molar-refractivity contribution < 1.29 is 70.8 Å². The number of carboxylic acid groups (broad SMARTS) is 1. The molecule has 0 aromatic heterocycles. The van der Waals surface area contributed by atoms with E-state index in [1.54, 1.807) is 123 Å². The number of benzene rings is 2. The first-order valence-corrected chi connectivity index (χ1v) is 23.8. The quantitative estimate of drug-likeness (QED) is 0.0611. The number of hydrogen-bond donors (Lipinski definition) is 7. The lowest BCUT2D eigenvalue weighted by Crippen LogP contribution is -2.65. The molecular formula is C50H72F3N7O12. The summed E-state index contributed by atoms with van der Waals surface area (Å²) < 4.78 is 59.1. The summed E-state index contributed by atoms with van der Waals surface area (Å²) in [4.78, 5) is 109. The Labute approximate surface area is 418 Å². The van der Waals surface area contributed by atoms with E-state index in [0.29, 0.717) is 11.1 Å². The third-order valence-electron chi connectivity index (χ3n) is 10.9. The summed E-state index contributed by atoms with van der Waals surface area (Å²) in [5.74, 6) is -5.68. The van der Waals surface area contributed by atoms with E-state index in [2.05, 4.69) is 31.9 Å². The van der Waals surface area contributed by atoms with Gasteiger partial charge in [-0.25, -0.2) is 19.2 Å². The van der Waals surface area contributed by atoms with E-state index in [1.165, 1.54) is 11.8 Å². The summed E-state index contributed by atoms with van der Waals surface area (Å²) in [5.41, 5.74) is -3.50. The molecule has 3 rings (SSSR count). The van der Waals surface area contributed by atoms with Gasteiger partial charge < -0.3 is 56.1 Å². The summed E-state index contributed by atoms with van der Waals surface area (Å²) in [6.07, 6.45) is -10.4. The van der Waals surface area contributed by atoms with Gasteiger partial charge in [-0.3, -0.25) is 19.2 Å². The Morgan fingerprint density at radius 3 is 1.56 bits per heavy atom. The maximum Gasteiger partial charge on any atom is 0.408 e. The van der Waals surface area contributed by atoms with Crippen molar-refractivity contribution in [3.8, 4) is 0 Å². The average molecular weight is 1020 g/mol. The zero-order valence-electron chi connectivity index (χ0n) is 42.8. The Bertz CT molecular complexity index is 2180. The van der Waals surface area contributed by atoms with Crippen LogP contribution in [0.3, 0.4) is 0 Å². The maximum absolute atomic E-state index is 14.4. The van der Waals surface area contributed by atoms with Crippen LogP contribution in [0, 0.1) is 0 Å². The molecule has 0 aliphatic carbocycles. The van der Waals surface area contributed by atoms with Gasteiger partial charge in [-0.2, -0.15) is 13.2 Å². The molecule has 7 N–H and O–H groups in total. The number of piperidine rings is 1. The number of likely N-dealkylation sites (tertiary alicyclic amines) is 1. The molecule has 400 valence electrons. The van der Waals surface area contributed by atoms with Gasteiger partial charge in [-0.05, 0) is 106 Å². The highest BCUT2D eigenvalue weighted by molar-refractivity contribution is 5.96. The lowest BCUT2D eigenvalue weighted by Gasteiger charge is -2.44. The first kappa shape index (κ1) is 59.7. The molecule has 6 atom stereocenters. The SMILES string of the molecule is CC1CC(NC(=O)OC(C)(C)C)(C(=O)O)CCN1C(=O)[C@@H](CCCCNC(=O)OC(C)(C)C)NC(=O)C(CC(F)(F)F)NC(=O)[C@@H](Cc1ccccc1)NC(=O)[C@@H](Cc1ccccc1)NC(=O)OC(C)(C)C. The van der Waals surface area contributed by atoms with Gasteiger partial charge in [0.15, 0.2) is 0 Å². The number of carbonyl (C=O) groups is 8. The molecule has 1 aliphatic rings. The number of amides is 7. The van der Waals surface area contributed by atoms with Gasteiger partial charge in [0.05, 0.1) is 6.42 Å². The monoisotopic (exact) mass is 1020 g/mol. The van der Waals surface area contributed by atoms with Gasteiger partial charge in [0.25, 0.3) is 0 Å². The molecule has 19 nitrogen and oxygen atoms in total. The van der Waals surface area contributed by atoms with E-state index < -0.39 is 113 Å². The summed E-state index contributed by atoms with van der Waals surface area (Å²) >= 11 is 0. The van der Waals surface area contributed by atoms with Crippen molar-refractivity contribution in [2.24, 2.45) is 0 Å². The summed E-state index contributed by atoms with van der Waals surface area (Å²) in [5, 5.41) is 24.9. The largest absolute Gasteiger partial charge is 0.480 e. The minimum Gasteiger partial charge on any atom is -0.480 e. The van der Waals surface area contributed by atoms with Crippen molar-refractivity contribution in [1.82, 2.24) is 36.8 Å². The number of nitrogens with one attached hydrogen (secondary N) is 6. The number of halogens is 3. The molecule has 1 fully saturated rings. The molecule has 2 aromatic rings. The zero-order chi connectivity index (χ0) is 54.2. The highest BCUT2D eigenvalue weighted by Gasteiger charge is 2.48. The second-order valence-corrected chi connectivity index (χ2v) is 20.9. The van der Waals surface area contributed by atoms with E-state index in [9.17, 15) is 56.6 Å². The number of carboxylic acids is 1. The molecule has 22 heteroatoms. The van der Waals surface area contributed by atoms with Crippen LogP contribution in [0.5, 0.6) is 0 Å². The number of carbonyl (C=O) groups excluding carboxylic acids is 7. The molecular weight excluding hydrogens is 948 g/mol. The van der Waals surface area contributed by atoms with Crippen molar-refractivity contribution >= 4 is 47.9 Å². The first-order valence-electron chi connectivity index (χ1n) is 23.8. The van der Waals surface area contributed by atoms with Crippen LogP contribution >= 0.6 is 0 Å². The number of alkyl halides is 3. The van der Waals surface area contributed by atoms with Crippen LogP contribution in [0.2, 0.25) is 0 Å². The van der Waals surface area contributed by atoms with Crippen LogP contribution in [-0.4, -0.2) is 130 Å². The fourth-order valence-electron chi connectivity index (χ4n) is 7.70. The Kier molecular flexibility index (Phi) is 21.3. The lowest BCUT2D eigenvalue weighted by atomic mass is 9.83. The second-order valence-electron chi connectivity index (χ2n) is 20.9. The Morgan fingerprint density at radius 1 is 0.639 bits per heavy atom. The smallest absolute Gasteiger partial charge is 0.408 e. The topological polar surface area (TPSA) is 260 Å². The number of aliphatic carboxylic acids is 1. The van der Waals surface area contributed by atoms with Gasteiger partial charge in [0, 0.05) is 38.4 Å². The molecule has 1 aliphatic heterocycles. The van der Waals surface area contributed by atoms with E-state index in [1.807, 2.05) is 0 Å². The Morgan fingerprint density at radius 2 is 1.08 bits per heavy atom. The van der Waals surface area contributed by atoms with Crippen LogP contribution in [0.1, 0.15) is 119 Å².